The second-order valence-corrected chi connectivity index (χ2v) is 7.21. The van der Waals surface area contributed by atoms with Crippen LogP contribution in [-0.4, -0.2) is 23.0 Å². The molecule has 1 atom stereocenters. The first-order valence-corrected chi connectivity index (χ1v) is 8.40. The number of nitrogens with one attached hydrogen (secondary N) is 1. The lowest BCUT2D eigenvalue weighted by molar-refractivity contribution is -0.142. The minimum Gasteiger partial charge on any atom is -0.480 e. The zero-order chi connectivity index (χ0) is 15.0. The van der Waals surface area contributed by atoms with Crippen LogP contribution in [0.2, 0.25) is 0 Å². The van der Waals surface area contributed by atoms with Gasteiger partial charge in [-0.1, -0.05) is 19.8 Å². The van der Waals surface area contributed by atoms with E-state index in [1.807, 2.05) is 19.1 Å². The summed E-state index contributed by atoms with van der Waals surface area (Å²) in [6.45, 7) is 2.00. The molecule has 0 bridgehead atoms. The third-order valence-corrected chi connectivity index (χ3v) is 4.62. The van der Waals surface area contributed by atoms with Crippen LogP contribution in [0.25, 0.3) is 0 Å². The highest BCUT2D eigenvalue weighted by molar-refractivity contribution is 9.11. The van der Waals surface area contributed by atoms with Crippen molar-refractivity contribution in [2.45, 2.75) is 51.5 Å². The van der Waals surface area contributed by atoms with Gasteiger partial charge in [-0.05, 0) is 47.3 Å². The molecule has 1 aromatic heterocycles. The van der Waals surface area contributed by atoms with Crippen molar-refractivity contribution in [1.82, 2.24) is 5.32 Å². The first-order chi connectivity index (χ1) is 9.52. The molecule has 1 rings (SSSR count). The van der Waals surface area contributed by atoms with Crippen LogP contribution in [0.1, 0.15) is 43.9 Å². The van der Waals surface area contributed by atoms with E-state index >= 15 is 0 Å². The zero-order valence-electron chi connectivity index (χ0n) is 11.5. The molecule has 4 nitrogen and oxygen atoms in total. The first kappa shape index (κ1) is 17.2. The molecule has 0 aliphatic carbocycles. The van der Waals surface area contributed by atoms with Crippen LogP contribution in [0.3, 0.4) is 0 Å². The van der Waals surface area contributed by atoms with E-state index in [-0.39, 0.29) is 5.91 Å². The number of aryl methyl sites for hydroxylation is 1. The maximum absolute atomic E-state index is 11.7. The Hall–Kier alpha value is -0.880. The van der Waals surface area contributed by atoms with Crippen LogP contribution in [0, 0.1) is 0 Å². The number of carboxylic acid groups (broad SMARTS) is 1. The molecule has 6 heteroatoms. The minimum atomic E-state index is -0.950. The summed E-state index contributed by atoms with van der Waals surface area (Å²) >= 11 is 5.06. The lowest BCUT2D eigenvalue weighted by Gasteiger charge is -2.13. The van der Waals surface area contributed by atoms with Gasteiger partial charge in [0.2, 0.25) is 5.91 Å². The minimum absolute atomic E-state index is 0.177. The molecule has 0 fully saturated rings. The number of thiophene rings is 1. The van der Waals surface area contributed by atoms with Gasteiger partial charge in [-0.2, -0.15) is 0 Å². The summed E-state index contributed by atoms with van der Waals surface area (Å²) in [6, 6.07) is 3.28. The van der Waals surface area contributed by atoms with E-state index in [1.165, 1.54) is 4.88 Å². The number of halogens is 1. The standard InChI is InChI=1S/C14H20BrNO3S/c1-2-3-6-11(14(18)19)16-13(17)7-4-5-10-8-9-12(15)20-10/h8-9,11H,2-7H2,1H3,(H,16,17)(H,18,19)/t11-/m0/s1. The van der Waals surface area contributed by atoms with E-state index in [9.17, 15) is 9.59 Å². The van der Waals surface area contributed by atoms with E-state index in [0.717, 1.165) is 29.5 Å². The molecule has 0 saturated heterocycles. The Morgan fingerprint density at radius 2 is 2.15 bits per heavy atom. The number of unbranched alkanes of at least 4 members (excludes halogenated alkanes) is 1. The van der Waals surface area contributed by atoms with Crippen LogP contribution < -0.4 is 5.32 Å². The van der Waals surface area contributed by atoms with Crippen molar-refractivity contribution in [2.24, 2.45) is 0 Å². The number of carbonyl (C=O) groups excluding carboxylic acids is 1. The molecule has 112 valence electrons. The molecule has 0 spiro atoms. The molecule has 0 radical (unpaired) electrons. The van der Waals surface area contributed by atoms with Gasteiger partial charge >= 0.3 is 5.97 Å². The lowest BCUT2D eigenvalue weighted by Crippen LogP contribution is -2.40. The molecule has 0 aliphatic rings. The van der Waals surface area contributed by atoms with Gasteiger partial charge < -0.3 is 10.4 Å². The topological polar surface area (TPSA) is 66.4 Å². The Labute approximate surface area is 131 Å². The van der Waals surface area contributed by atoms with Crippen LogP contribution in [0.15, 0.2) is 15.9 Å². The van der Waals surface area contributed by atoms with E-state index in [2.05, 4.69) is 21.2 Å². The molecule has 20 heavy (non-hydrogen) atoms. The fraction of sp³-hybridized carbons (Fsp3) is 0.571. The van der Waals surface area contributed by atoms with Crippen molar-refractivity contribution in [2.75, 3.05) is 0 Å². The fourth-order valence-electron chi connectivity index (χ4n) is 1.84. The van der Waals surface area contributed by atoms with Crippen molar-refractivity contribution in [3.05, 3.63) is 20.8 Å². The lowest BCUT2D eigenvalue weighted by atomic mass is 10.1. The van der Waals surface area contributed by atoms with E-state index in [1.54, 1.807) is 11.3 Å². The smallest absolute Gasteiger partial charge is 0.326 e. The highest BCUT2D eigenvalue weighted by atomic mass is 79.9. The zero-order valence-corrected chi connectivity index (χ0v) is 13.9. The number of hydrogen-bond acceptors (Lipinski definition) is 3. The normalized spacial score (nSPS) is 12.1. The van der Waals surface area contributed by atoms with Gasteiger partial charge in [-0.15, -0.1) is 11.3 Å². The number of carboxylic acids is 1. The van der Waals surface area contributed by atoms with Crippen LogP contribution in [0.5, 0.6) is 0 Å². The molecular weight excluding hydrogens is 342 g/mol. The van der Waals surface area contributed by atoms with Crippen molar-refractivity contribution in [1.29, 1.82) is 0 Å². The largest absolute Gasteiger partial charge is 0.480 e. The van der Waals surface area contributed by atoms with Crippen molar-refractivity contribution < 1.29 is 14.7 Å². The Morgan fingerprint density at radius 3 is 2.70 bits per heavy atom. The highest BCUT2D eigenvalue weighted by Crippen LogP contribution is 2.23. The predicted molar refractivity (Wildman–Crippen MR) is 84.0 cm³/mol. The van der Waals surface area contributed by atoms with Gasteiger partial charge in [0.05, 0.1) is 3.79 Å². The number of carbonyl (C=O) groups is 2. The summed E-state index contributed by atoms with van der Waals surface area (Å²) < 4.78 is 1.09. The van der Waals surface area contributed by atoms with E-state index in [0.29, 0.717) is 12.8 Å². The van der Waals surface area contributed by atoms with E-state index < -0.39 is 12.0 Å². The average Bonchev–Trinajstić information content (AvgIpc) is 2.80. The average molecular weight is 362 g/mol. The van der Waals surface area contributed by atoms with Gasteiger partial charge in [0.15, 0.2) is 0 Å². The summed E-state index contributed by atoms with van der Waals surface area (Å²) in [5, 5.41) is 11.6. The summed E-state index contributed by atoms with van der Waals surface area (Å²) in [6.07, 6.45) is 4.17. The molecular formula is C14H20BrNO3S. The maximum Gasteiger partial charge on any atom is 0.326 e. The Bertz CT molecular complexity index is 447. The van der Waals surface area contributed by atoms with Crippen LogP contribution >= 0.6 is 27.3 Å². The number of aliphatic carboxylic acids is 1. The predicted octanol–water partition coefficient (Wildman–Crippen LogP) is 3.59. The summed E-state index contributed by atoms with van der Waals surface area (Å²) in [7, 11) is 0. The van der Waals surface area contributed by atoms with Gasteiger partial charge in [-0.3, -0.25) is 4.79 Å². The van der Waals surface area contributed by atoms with Gasteiger partial charge in [0, 0.05) is 11.3 Å². The number of rotatable bonds is 9. The first-order valence-electron chi connectivity index (χ1n) is 6.79. The summed E-state index contributed by atoms with van der Waals surface area (Å²) in [5.74, 6) is -1.13. The second kappa shape index (κ2) is 9.13. The molecule has 0 aliphatic heterocycles. The quantitative estimate of drug-likeness (QED) is 0.706. The van der Waals surface area contributed by atoms with Gasteiger partial charge in [0.25, 0.3) is 0 Å². The third-order valence-electron chi connectivity index (χ3n) is 2.94. The van der Waals surface area contributed by atoms with Gasteiger partial charge in [0.1, 0.15) is 6.04 Å². The number of hydrogen-bond donors (Lipinski definition) is 2. The van der Waals surface area contributed by atoms with Crippen molar-refractivity contribution in [3.63, 3.8) is 0 Å². The van der Waals surface area contributed by atoms with Crippen LogP contribution in [0.4, 0.5) is 0 Å². The van der Waals surface area contributed by atoms with Crippen molar-refractivity contribution >= 4 is 39.1 Å². The molecule has 0 unspecified atom stereocenters. The van der Waals surface area contributed by atoms with Gasteiger partial charge in [-0.25, -0.2) is 4.79 Å². The molecule has 2 N–H and O–H groups in total. The Morgan fingerprint density at radius 1 is 1.40 bits per heavy atom. The molecule has 1 amide bonds. The second-order valence-electron chi connectivity index (χ2n) is 4.66. The number of amides is 1. The summed E-state index contributed by atoms with van der Waals surface area (Å²) in [5.41, 5.74) is 0. The Kier molecular flexibility index (Phi) is 7.84. The fourth-order valence-corrected chi connectivity index (χ4v) is 3.37. The van der Waals surface area contributed by atoms with E-state index in [4.69, 9.17) is 5.11 Å². The van der Waals surface area contributed by atoms with Crippen molar-refractivity contribution in [3.8, 4) is 0 Å². The highest BCUT2D eigenvalue weighted by Gasteiger charge is 2.18. The molecule has 1 aromatic rings. The Balaban J connectivity index is 2.28. The molecule has 1 heterocycles. The monoisotopic (exact) mass is 361 g/mol. The SMILES string of the molecule is CCCC[C@H](NC(=O)CCCc1ccc(Br)s1)C(=O)O. The molecule has 0 aromatic carbocycles. The molecule has 0 saturated carbocycles. The maximum atomic E-state index is 11.7. The van der Waals surface area contributed by atoms with Crippen LogP contribution in [-0.2, 0) is 16.0 Å². The summed E-state index contributed by atoms with van der Waals surface area (Å²) in [4.78, 5) is 24.0. The third kappa shape index (κ3) is 6.52.